The number of hydrogen-bond acceptors (Lipinski definition) is 3. The minimum Gasteiger partial charge on any atom is -0.506 e. The van der Waals surface area contributed by atoms with Gasteiger partial charge in [0.15, 0.2) is 0 Å². The standard InChI is InChI=1S/C18H20O4/c1-11-4-3-8-18(2)9-7-13-14(22-18)10-12(6-5-11)15(16(13)19)17(20)21/h4,7,9-10,19H,3,5-6,8H2,1-2H3,(H,20,21)/b11-4+. The molecular weight excluding hydrogens is 280 g/mol. The highest BCUT2D eigenvalue weighted by Gasteiger charge is 2.31. The smallest absolute Gasteiger partial charge is 0.339 e. The summed E-state index contributed by atoms with van der Waals surface area (Å²) in [5, 5.41) is 19.8. The van der Waals surface area contributed by atoms with Crippen LogP contribution in [0.25, 0.3) is 6.08 Å². The topological polar surface area (TPSA) is 66.8 Å². The Bertz CT molecular complexity index is 700. The van der Waals surface area contributed by atoms with Crippen LogP contribution < -0.4 is 4.74 Å². The molecule has 2 heterocycles. The lowest BCUT2D eigenvalue weighted by Gasteiger charge is -2.32. The average Bonchev–Trinajstić information content (AvgIpc) is 2.44. The van der Waals surface area contributed by atoms with Crippen LogP contribution in [-0.2, 0) is 6.42 Å². The van der Waals surface area contributed by atoms with Crippen molar-refractivity contribution in [3.8, 4) is 11.5 Å². The fourth-order valence-corrected chi connectivity index (χ4v) is 3.11. The Morgan fingerprint density at radius 1 is 1.36 bits per heavy atom. The first kappa shape index (κ1) is 14.7. The van der Waals surface area contributed by atoms with E-state index in [1.807, 2.05) is 13.0 Å². The molecule has 4 heteroatoms. The Morgan fingerprint density at radius 3 is 2.86 bits per heavy atom. The lowest BCUT2D eigenvalue weighted by atomic mass is 9.92. The van der Waals surface area contributed by atoms with E-state index < -0.39 is 11.6 Å². The van der Waals surface area contributed by atoms with Crippen LogP contribution in [0.5, 0.6) is 11.5 Å². The number of allylic oxidation sites excluding steroid dienone is 2. The maximum atomic E-state index is 11.5. The first-order valence-electron chi connectivity index (χ1n) is 7.56. The average molecular weight is 300 g/mol. The third kappa shape index (κ3) is 2.49. The quantitative estimate of drug-likeness (QED) is 0.771. The molecular formula is C18H20O4. The summed E-state index contributed by atoms with van der Waals surface area (Å²) in [6.07, 6.45) is 8.98. The molecule has 2 N–H and O–H groups in total. The minimum absolute atomic E-state index is 0.0114. The number of ether oxygens (including phenoxy) is 1. The molecule has 1 aromatic rings. The number of phenols is 1. The van der Waals surface area contributed by atoms with Crippen molar-refractivity contribution in [1.29, 1.82) is 0 Å². The largest absolute Gasteiger partial charge is 0.506 e. The number of benzene rings is 1. The van der Waals surface area contributed by atoms with Crippen LogP contribution in [0.3, 0.4) is 0 Å². The van der Waals surface area contributed by atoms with Crippen molar-refractivity contribution >= 4 is 12.0 Å². The number of aryl methyl sites for hydroxylation is 1. The first-order chi connectivity index (χ1) is 10.4. The Labute approximate surface area is 129 Å². The molecule has 116 valence electrons. The molecule has 1 atom stereocenters. The van der Waals surface area contributed by atoms with Gasteiger partial charge in [-0.15, -0.1) is 0 Å². The van der Waals surface area contributed by atoms with Crippen LogP contribution in [-0.4, -0.2) is 21.8 Å². The molecule has 2 aliphatic heterocycles. The lowest BCUT2D eigenvalue weighted by molar-refractivity contribution is 0.0692. The summed E-state index contributed by atoms with van der Waals surface area (Å²) < 4.78 is 6.07. The van der Waals surface area contributed by atoms with Crippen molar-refractivity contribution < 1.29 is 19.7 Å². The van der Waals surface area contributed by atoms with E-state index in [0.29, 0.717) is 23.3 Å². The van der Waals surface area contributed by atoms with Gasteiger partial charge >= 0.3 is 5.97 Å². The molecule has 0 aromatic heterocycles. The van der Waals surface area contributed by atoms with Gasteiger partial charge in [-0.1, -0.05) is 11.6 Å². The summed E-state index contributed by atoms with van der Waals surface area (Å²) >= 11 is 0. The molecule has 0 saturated carbocycles. The highest BCUT2D eigenvalue weighted by molar-refractivity contribution is 5.95. The van der Waals surface area contributed by atoms with Gasteiger partial charge in [0.25, 0.3) is 0 Å². The predicted molar refractivity (Wildman–Crippen MR) is 84.4 cm³/mol. The van der Waals surface area contributed by atoms with Crippen molar-refractivity contribution in [2.24, 2.45) is 0 Å². The number of aromatic hydroxyl groups is 1. The van der Waals surface area contributed by atoms with E-state index in [2.05, 4.69) is 13.0 Å². The number of hydrogen-bond donors (Lipinski definition) is 2. The SMILES string of the molecule is C/C1=C\CCC2(C)C=Cc3c(cc(c(C(=O)O)c3O)CC1)O2. The Kier molecular flexibility index (Phi) is 3.47. The number of carbonyl (C=O) groups is 1. The summed E-state index contributed by atoms with van der Waals surface area (Å²) in [6.45, 7) is 4.07. The first-order valence-corrected chi connectivity index (χ1v) is 7.56. The number of fused-ring (bicyclic) bond motifs is 2. The van der Waals surface area contributed by atoms with Crippen molar-refractivity contribution in [2.75, 3.05) is 0 Å². The molecule has 0 spiro atoms. The van der Waals surface area contributed by atoms with Gasteiger partial charge in [0.1, 0.15) is 22.7 Å². The van der Waals surface area contributed by atoms with Gasteiger partial charge in [0.05, 0.1) is 5.56 Å². The molecule has 22 heavy (non-hydrogen) atoms. The number of carboxylic acid groups (broad SMARTS) is 1. The van der Waals surface area contributed by atoms with E-state index in [-0.39, 0.29) is 11.3 Å². The zero-order chi connectivity index (χ0) is 15.9. The van der Waals surface area contributed by atoms with Gasteiger partial charge in [-0.25, -0.2) is 4.79 Å². The number of carboxylic acids is 1. The summed E-state index contributed by atoms with van der Waals surface area (Å²) in [6, 6.07) is 1.78. The number of rotatable bonds is 1. The maximum absolute atomic E-state index is 11.5. The molecule has 3 bridgehead atoms. The molecule has 1 unspecified atom stereocenters. The lowest BCUT2D eigenvalue weighted by Crippen LogP contribution is -2.31. The van der Waals surface area contributed by atoms with Crippen molar-refractivity contribution in [2.45, 2.75) is 45.1 Å². The van der Waals surface area contributed by atoms with Crippen LogP contribution in [0.2, 0.25) is 0 Å². The van der Waals surface area contributed by atoms with Crippen LogP contribution in [0.15, 0.2) is 23.8 Å². The second kappa shape index (κ2) is 5.20. The van der Waals surface area contributed by atoms with Gasteiger partial charge in [0, 0.05) is 0 Å². The second-order valence-corrected chi connectivity index (χ2v) is 6.31. The van der Waals surface area contributed by atoms with Crippen molar-refractivity contribution in [3.05, 3.63) is 40.5 Å². The van der Waals surface area contributed by atoms with Gasteiger partial charge in [-0.05, 0) is 63.3 Å². The van der Waals surface area contributed by atoms with E-state index in [4.69, 9.17) is 4.74 Å². The normalized spacial score (nSPS) is 25.8. The van der Waals surface area contributed by atoms with E-state index in [9.17, 15) is 15.0 Å². The molecule has 4 nitrogen and oxygen atoms in total. The maximum Gasteiger partial charge on any atom is 0.339 e. The highest BCUT2D eigenvalue weighted by Crippen LogP contribution is 2.42. The van der Waals surface area contributed by atoms with Crippen LogP contribution in [0, 0.1) is 0 Å². The van der Waals surface area contributed by atoms with Crippen LogP contribution in [0.1, 0.15) is 54.6 Å². The van der Waals surface area contributed by atoms with Gasteiger partial charge in [-0.3, -0.25) is 0 Å². The third-order valence-electron chi connectivity index (χ3n) is 4.47. The summed E-state index contributed by atoms with van der Waals surface area (Å²) in [7, 11) is 0. The van der Waals surface area contributed by atoms with E-state index in [0.717, 1.165) is 19.3 Å². The highest BCUT2D eigenvalue weighted by atomic mass is 16.5. The van der Waals surface area contributed by atoms with E-state index >= 15 is 0 Å². The third-order valence-corrected chi connectivity index (χ3v) is 4.47. The summed E-state index contributed by atoms with van der Waals surface area (Å²) in [5.41, 5.74) is 1.87. The van der Waals surface area contributed by atoms with Gasteiger partial charge in [0.2, 0.25) is 0 Å². The van der Waals surface area contributed by atoms with Crippen molar-refractivity contribution in [3.63, 3.8) is 0 Å². The molecule has 3 rings (SSSR count). The number of aromatic carboxylic acids is 1. The molecule has 2 aliphatic rings. The van der Waals surface area contributed by atoms with Gasteiger partial charge in [-0.2, -0.15) is 0 Å². The molecule has 0 saturated heterocycles. The molecule has 1 aromatic carbocycles. The monoisotopic (exact) mass is 300 g/mol. The minimum atomic E-state index is -1.10. The van der Waals surface area contributed by atoms with E-state index in [1.54, 1.807) is 12.1 Å². The van der Waals surface area contributed by atoms with E-state index in [1.165, 1.54) is 5.57 Å². The van der Waals surface area contributed by atoms with Crippen LogP contribution in [0.4, 0.5) is 0 Å². The molecule has 0 amide bonds. The molecule has 0 aliphatic carbocycles. The zero-order valence-electron chi connectivity index (χ0n) is 12.8. The Morgan fingerprint density at radius 2 is 2.14 bits per heavy atom. The van der Waals surface area contributed by atoms with Crippen molar-refractivity contribution in [1.82, 2.24) is 0 Å². The molecule has 0 radical (unpaired) electrons. The molecule has 0 fully saturated rings. The second-order valence-electron chi connectivity index (χ2n) is 6.31. The Hall–Kier alpha value is -2.23. The van der Waals surface area contributed by atoms with Crippen LogP contribution >= 0.6 is 0 Å². The zero-order valence-corrected chi connectivity index (χ0v) is 12.8. The predicted octanol–water partition coefficient (Wildman–Crippen LogP) is 3.93. The fourth-order valence-electron chi connectivity index (χ4n) is 3.11. The Balaban J connectivity index is 2.20. The summed E-state index contributed by atoms with van der Waals surface area (Å²) in [5.74, 6) is -0.727. The summed E-state index contributed by atoms with van der Waals surface area (Å²) in [4.78, 5) is 11.5. The fraction of sp³-hybridized carbons (Fsp3) is 0.389. The van der Waals surface area contributed by atoms with Gasteiger partial charge < -0.3 is 14.9 Å².